The molecular weight excluding hydrogens is 336 g/mol. The zero-order chi connectivity index (χ0) is 19.4. The molecule has 0 bridgehead atoms. The number of ether oxygens (including phenoxy) is 1. The summed E-state index contributed by atoms with van der Waals surface area (Å²) in [6.45, 7) is 9.32. The van der Waals surface area contributed by atoms with Gasteiger partial charge in [-0.05, 0) is 93.8 Å². The van der Waals surface area contributed by atoms with Crippen LogP contribution < -0.4 is 0 Å². The van der Waals surface area contributed by atoms with Gasteiger partial charge < -0.3 is 4.74 Å². The molecule has 3 nitrogen and oxygen atoms in total. The van der Waals surface area contributed by atoms with Crippen LogP contribution in [-0.2, 0) is 14.3 Å². The molecule has 152 valence electrons. The van der Waals surface area contributed by atoms with Crippen molar-refractivity contribution in [3.8, 4) is 0 Å². The molecule has 0 spiro atoms. The second-order valence-corrected chi connectivity index (χ2v) is 10.7. The Bertz CT molecular complexity index is 627. The van der Waals surface area contributed by atoms with Crippen LogP contribution in [-0.4, -0.2) is 23.8 Å². The first-order valence-electron chi connectivity index (χ1n) is 11.4. The van der Waals surface area contributed by atoms with Gasteiger partial charge in [0.15, 0.2) is 5.78 Å². The lowest BCUT2D eigenvalue weighted by Gasteiger charge is -2.61. The Hall–Kier alpha value is -0.700. The summed E-state index contributed by atoms with van der Waals surface area (Å²) in [4.78, 5) is 25.1. The number of rotatable bonds is 4. The lowest BCUT2D eigenvalue weighted by atomic mass is 9.44. The van der Waals surface area contributed by atoms with Crippen LogP contribution in [0.25, 0.3) is 0 Å². The third-order valence-corrected chi connectivity index (χ3v) is 9.64. The molecule has 0 heterocycles. The van der Waals surface area contributed by atoms with E-state index < -0.39 is 5.60 Å². The predicted octanol–water partition coefficient (Wildman–Crippen LogP) is 5.35. The maximum absolute atomic E-state index is 12.6. The molecule has 4 rings (SSSR count). The highest BCUT2D eigenvalue weighted by Gasteiger charge is 2.62. The van der Waals surface area contributed by atoms with Gasteiger partial charge in [-0.15, -0.1) is 0 Å². The Kier molecular flexibility index (Phi) is 4.85. The van der Waals surface area contributed by atoms with Gasteiger partial charge in [-0.3, -0.25) is 9.59 Å². The smallest absolute Gasteiger partial charge is 0.161 e. The Balaban J connectivity index is 1.57. The molecule has 0 aromatic heterocycles. The number of hydrogen-bond acceptors (Lipinski definition) is 3. The maximum Gasteiger partial charge on any atom is 0.161 e. The quantitative estimate of drug-likeness (QED) is 0.666. The molecule has 27 heavy (non-hydrogen) atoms. The van der Waals surface area contributed by atoms with Gasteiger partial charge in [0.2, 0.25) is 0 Å². The van der Waals surface area contributed by atoms with Gasteiger partial charge >= 0.3 is 0 Å². The fourth-order valence-electron chi connectivity index (χ4n) is 7.85. The van der Waals surface area contributed by atoms with Gasteiger partial charge in [-0.2, -0.15) is 0 Å². The maximum atomic E-state index is 12.6. The standard InChI is InChI=1S/C24H38O3/c1-5-14-27-24(16(2)25)13-12-22(3)17(15-24)6-7-18-19-8-9-21(26)23(19,4)11-10-20(18)22/h17-20H,5-15H2,1-4H3/t17-,18-,19-,20+,22-,23-,24-/m0/s1. The minimum atomic E-state index is -0.528. The highest BCUT2D eigenvalue weighted by Crippen LogP contribution is 2.66. The Morgan fingerprint density at radius 1 is 1.07 bits per heavy atom. The fourth-order valence-corrected chi connectivity index (χ4v) is 7.85. The summed E-state index contributed by atoms with van der Waals surface area (Å²) in [5.74, 6) is 3.42. The SMILES string of the molecule is CCCO[C@@]1(C(C)=O)CC[C@@]2(C)[C@@H](CC[C@@H]3[C@H]2CC[C@]2(C)C(=O)CC[C@@H]32)C1. The summed E-state index contributed by atoms with van der Waals surface area (Å²) in [6, 6.07) is 0. The molecule has 0 N–H and O–H groups in total. The van der Waals surface area contributed by atoms with E-state index in [9.17, 15) is 9.59 Å². The molecule has 4 fully saturated rings. The summed E-state index contributed by atoms with van der Waals surface area (Å²) >= 11 is 0. The van der Waals surface area contributed by atoms with Gasteiger partial charge in [0.1, 0.15) is 11.4 Å². The molecular formula is C24H38O3. The highest BCUT2D eigenvalue weighted by molar-refractivity contribution is 5.87. The third-order valence-electron chi connectivity index (χ3n) is 9.64. The number of carbonyl (C=O) groups excluding carboxylic acids is 2. The summed E-state index contributed by atoms with van der Waals surface area (Å²) in [7, 11) is 0. The largest absolute Gasteiger partial charge is 0.367 e. The van der Waals surface area contributed by atoms with Crippen LogP contribution in [0, 0.1) is 34.5 Å². The van der Waals surface area contributed by atoms with Gasteiger partial charge in [-0.1, -0.05) is 20.8 Å². The van der Waals surface area contributed by atoms with Gasteiger partial charge in [0, 0.05) is 18.4 Å². The lowest BCUT2D eigenvalue weighted by molar-refractivity contribution is -0.176. The second-order valence-electron chi connectivity index (χ2n) is 10.7. The monoisotopic (exact) mass is 374 g/mol. The van der Waals surface area contributed by atoms with Crippen LogP contribution in [0.2, 0.25) is 0 Å². The first-order valence-corrected chi connectivity index (χ1v) is 11.4. The van der Waals surface area contributed by atoms with E-state index in [0.717, 1.165) is 56.8 Å². The predicted molar refractivity (Wildman–Crippen MR) is 106 cm³/mol. The average molecular weight is 375 g/mol. The molecule has 0 aromatic rings. The van der Waals surface area contributed by atoms with Crippen LogP contribution in [0.3, 0.4) is 0 Å². The second kappa shape index (κ2) is 6.68. The zero-order valence-corrected chi connectivity index (χ0v) is 17.8. The summed E-state index contributed by atoms with van der Waals surface area (Å²) < 4.78 is 6.22. The molecule has 0 aliphatic heterocycles. The van der Waals surface area contributed by atoms with E-state index in [1.54, 1.807) is 6.92 Å². The Labute approximate surface area is 165 Å². The van der Waals surface area contributed by atoms with E-state index in [1.807, 2.05) is 0 Å². The Morgan fingerprint density at radius 3 is 2.56 bits per heavy atom. The number of Topliss-reactive ketones (excluding diaryl/α,β-unsaturated/α-hetero) is 2. The van der Waals surface area contributed by atoms with Gasteiger partial charge in [0.05, 0.1) is 0 Å². The highest BCUT2D eigenvalue weighted by atomic mass is 16.5. The minimum absolute atomic E-state index is 0.0353. The number of hydrogen-bond donors (Lipinski definition) is 0. The molecule has 0 amide bonds. The van der Waals surface area contributed by atoms with Gasteiger partial charge in [-0.25, -0.2) is 0 Å². The topological polar surface area (TPSA) is 43.4 Å². The van der Waals surface area contributed by atoms with Crippen molar-refractivity contribution >= 4 is 11.6 Å². The zero-order valence-electron chi connectivity index (χ0n) is 17.8. The number of fused-ring (bicyclic) bond motifs is 5. The molecule has 3 heteroatoms. The van der Waals surface area contributed by atoms with Gasteiger partial charge in [0.25, 0.3) is 0 Å². The van der Waals surface area contributed by atoms with Crippen molar-refractivity contribution < 1.29 is 14.3 Å². The van der Waals surface area contributed by atoms with E-state index in [2.05, 4.69) is 20.8 Å². The normalized spacial score (nSPS) is 49.3. The van der Waals surface area contributed by atoms with Crippen molar-refractivity contribution in [1.82, 2.24) is 0 Å². The molecule has 4 aliphatic rings. The molecule has 4 aliphatic carbocycles. The molecule has 0 radical (unpaired) electrons. The molecule has 0 aromatic carbocycles. The third kappa shape index (κ3) is 2.78. The van der Waals surface area contributed by atoms with Crippen molar-refractivity contribution in [3.05, 3.63) is 0 Å². The van der Waals surface area contributed by atoms with Crippen LogP contribution in [0.15, 0.2) is 0 Å². The van der Waals surface area contributed by atoms with Crippen LogP contribution >= 0.6 is 0 Å². The fraction of sp³-hybridized carbons (Fsp3) is 0.917. The van der Waals surface area contributed by atoms with E-state index in [1.165, 1.54) is 19.3 Å². The van der Waals surface area contributed by atoms with Crippen LogP contribution in [0.1, 0.15) is 91.9 Å². The molecule has 4 saturated carbocycles. The average Bonchev–Trinajstić information content (AvgIpc) is 2.95. The van der Waals surface area contributed by atoms with Crippen molar-refractivity contribution in [2.75, 3.05) is 6.61 Å². The summed E-state index contributed by atoms with van der Waals surface area (Å²) in [5.41, 5.74) is -0.240. The first-order chi connectivity index (χ1) is 12.8. The Morgan fingerprint density at radius 2 is 1.85 bits per heavy atom. The van der Waals surface area contributed by atoms with E-state index >= 15 is 0 Å². The molecule has 7 atom stereocenters. The minimum Gasteiger partial charge on any atom is -0.367 e. The summed E-state index contributed by atoms with van der Waals surface area (Å²) in [6.07, 6.45) is 10.6. The van der Waals surface area contributed by atoms with Crippen molar-refractivity contribution in [1.29, 1.82) is 0 Å². The van der Waals surface area contributed by atoms with Crippen LogP contribution in [0.5, 0.6) is 0 Å². The summed E-state index contributed by atoms with van der Waals surface area (Å²) in [5, 5.41) is 0. The van der Waals surface area contributed by atoms with Crippen molar-refractivity contribution in [2.24, 2.45) is 34.5 Å². The number of ketones is 2. The van der Waals surface area contributed by atoms with Crippen LogP contribution in [0.4, 0.5) is 0 Å². The van der Waals surface area contributed by atoms with E-state index in [0.29, 0.717) is 29.6 Å². The van der Waals surface area contributed by atoms with E-state index in [4.69, 9.17) is 4.74 Å². The van der Waals surface area contributed by atoms with Crippen molar-refractivity contribution in [3.63, 3.8) is 0 Å². The molecule has 0 saturated heterocycles. The first kappa shape index (κ1) is 19.6. The number of carbonyl (C=O) groups is 2. The van der Waals surface area contributed by atoms with Crippen molar-refractivity contribution in [2.45, 2.75) is 97.5 Å². The van der Waals surface area contributed by atoms with E-state index in [-0.39, 0.29) is 11.2 Å². The lowest BCUT2D eigenvalue weighted by Crippen LogP contribution is -2.57. The molecule has 0 unspecified atom stereocenters.